The van der Waals surface area contributed by atoms with Gasteiger partial charge in [0.2, 0.25) is 0 Å². The number of nitrogens with one attached hydrogen (secondary N) is 2. The van der Waals surface area contributed by atoms with Crippen molar-refractivity contribution in [1.82, 2.24) is 4.98 Å². The number of hydrogen-bond acceptors (Lipinski definition) is 3. The molecule has 3 aromatic rings. The van der Waals surface area contributed by atoms with Gasteiger partial charge < -0.3 is 4.98 Å². The van der Waals surface area contributed by atoms with Gasteiger partial charge in [0.1, 0.15) is 10.7 Å². The maximum atomic E-state index is 14.0. The number of nitriles is 1. The van der Waals surface area contributed by atoms with Crippen LogP contribution in [0.15, 0.2) is 59.8 Å². The number of benzene rings is 2. The first-order chi connectivity index (χ1) is 11.9. The van der Waals surface area contributed by atoms with Crippen LogP contribution < -0.4 is 4.72 Å². The molecule has 0 atom stereocenters. The molecule has 0 bridgehead atoms. The lowest BCUT2D eigenvalue weighted by Crippen LogP contribution is -2.14. The molecule has 2 aromatic carbocycles. The number of aromatic nitrogens is 1. The molecular formula is C17H11ClFN3O2S. The van der Waals surface area contributed by atoms with E-state index >= 15 is 0 Å². The highest BCUT2D eigenvalue weighted by Crippen LogP contribution is 2.30. The van der Waals surface area contributed by atoms with Crippen LogP contribution in [-0.4, -0.2) is 13.4 Å². The number of halogens is 2. The summed E-state index contributed by atoms with van der Waals surface area (Å²) in [6.07, 6.45) is 2.85. The third-order valence-corrected chi connectivity index (χ3v) is 5.15. The fraction of sp³-hybridized carbons (Fsp3) is 0. The Morgan fingerprint density at radius 3 is 2.48 bits per heavy atom. The number of rotatable bonds is 4. The van der Waals surface area contributed by atoms with Gasteiger partial charge in [0, 0.05) is 23.0 Å². The van der Waals surface area contributed by atoms with Gasteiger partial charge in [0.15, 0.2) is 0 Å². The number of hydrogen-bond donors (Lipinski definition) is 2. The molecule has 0 spiro atoms. The van der Waals surface area contributed by atoms with Crippen LogP contribution in [0.4, 0.5) is 10.1 Å². The van der Waals surface area contributed by atoms with E-state index in [9.17, 15) is 12.8 Å². The number of H-pyrrole nitrogens is 1. The quantitative estimate of drug-likeness (QED) is 0.718. The lowest BCUT2D eigenvalue weighted by atomic mass is 10.1. The van der Waals surface area contributed by atoms with Crippen molar-refractivity contribution in [2.75, 3.05) is 4.72 Å². The van der Waals surface area contributed by atoms with Crippen LogP contribution in [0.1, 0.15) is 5.56 Å². The van der Waals surface area contributed by atoms with Gasteiger partial charge >= 0.3 is 0 Å². The van der Waals surface area contributed by atoms with Gasteiger partial charge in [-0.25, -0.2) is 12.8 Å². The number of nitrogens with zero attached hydrogens (tertiary/aromatic N) is 1. The minimum atomic E-state index is -4.04. The standard InChI is InChI=1S/C17H11ClFN3O2S/c18-13-4-2-12(3-5-13)14-9-21-10-17(14)25(23,24)22-16-6-1-11(8-20)7-15(16)19/h1-7,9-10,21-22H. The van der Waals surface area contributed by atoms with Crippen LogP contribution in [-0.2, 0) is 10.0 Å². The molecule has 126 valence electrons. The van der Waals surface area contributed by atoms with Crippen LogP contribution in [0.25, 0.3) is 11.1 Å². The summed E-state index contributed by atoms with van der Waals surface area (Å²) in [6.45, 7) is 0. The average molecular weight is 376 g/mol. The Kier molecular flexibility index (Phi) is 4.49. The Morgan fingerprint density at radius 1 is 1.12 bits per heavy atom. The number of aromatic amines is 1. The van der Waals surface area contributed by atoms with E-state index in [1.807, 2.05) is 0 Å². The fourth-order valence-corrected chi connectivity index (χ4v) is 3.67. The molecule has 1 heterocycles. The molecule has 3 rings (SSSR count). The second-order valence-electron chi connectivity index (χ2n) is 5.15. The Morgan fingerprint density at radius 2 is 1.84 bits per heavy atom. The molecule has 8 heteroatoms. The van der Waals surface area contributed by atoms with Gasteiger partial charge in [-0.1, -0.05) is 23.7 Å². The predicted molar refractivity (Wildman–Crippen MR) is 93.2 cm³/mol. The second kappa shape index (κ2) is 6.59. The fourth-order valence-electron chi connectivity index (χ4n) is 2.29. The summed E-state index contributed by atoms with van der Waals surface area (Å²) in [5.41, 5.74) is 0.941. The summed E-state index contributed by atoms with van der Waals surface area (Å²) in [5.74, 6) is -0.828. The lowest BCUT2D eigenvalue weighted by molar-refractivity contribution is 0.599. The maximum Gasteiger partial charge on any atom is 0.264 e. The van der Waals surface area contributed by atoms with E-state index in [0.29, 0.717) is 16.1 Å². The maximum absolute atomic E-state index is 14.0. The van der Waals surface area contributed by atoms with Crippen molar-refractivity contribution in [3.05, 3.63) is 71.3 Å². The third-order valence-electron chi connectivity index (χ3n) is 3.49. The Labute approximate surface area is 148 Å². The summed E-state index contributed by atoms with van der Waals surface area (Å²) in [6, 6.07) is 12.0. The Bertz CT molecular complexity index is 1070. The summed E-state index contributed by atoms with van der Waals surface area (Å²) < 4.78 is 41.5. The molecule has 0 saturated carbocycles. The molecule has 0 saturated heterocycles. The van der Waals surface area contributed by atoms with Crippen LogP contribution >= 0.6 is 11.6 Å². The number of sulfonamides is 1. The monoisotopic (exact) mass is 375 g/mol. The minimum absolute atomic E-state index is 0.0291. The third kappa shape index (κ3) is 3.50. The van der Waals surface area contributed by atoms with Crippen LogP contribution in [0, 0.1) is 17.1 Å². The topological polar surface area (TPSA) is 85.8 Å². The summed E-state index contributed by atoms with van der Waals surface area (Å²) in [7, 11) is -4.04. The van der Waals surface area contributed by atoms with E-state index in [2.05, 4.69) is 9.71 Å². The summed E-state index contributed by atoms with van der Waals surface area (Å²) >= 11 is 5.85. The predicted octanol–water partition coefficient (Wildman–Crippen LogP) is 4.15. The van der Waals surface area contributed by atoms with Crippen molar-refractivity contribution in [3.8, 4) is 17.2 Å². The molecule has 0 aliphatic rings. The summed E-state index contributed by atoms with van der Waals surface area (Å²) in [4.78, 5) is 2.72. The zero-order chi connectivity index (χ0) is 18.0. The lowest BCUT2D eigenvalue weighted by Gasteiger charge is -2.10. The van der Waals surface area contributed by atoms with Gasteiger partial charge in [0.25, 0.3) is 10.0 Å². The second-order valence-corrected chi connectivity index (χ2v) is 7.24. The van der Waals surface area contributed by atoms with Gasteiger partial charge in [-0.05, 0) is 35.9 Å². The molecule has 2 N–H and O–H groups in total. The van der Waals surface area contributed by atoms with Gasteiger partial charge in [-0.2, -0.15) is 5.26 Å². The summed E-state index contributed by atoms with van der Waals surface area (Å²) in [5, 5.41) is 9.28. The van der Waals surface area contributed by atoms with Crippen molar-refractivity contribution >= 4 is 27.3 Å². The molecule has 1 aromatic heterocycles. The smallest absolute Gasteiger partial charge is 0.264 e. The van der Waals surface area contributed by atoms with Crippen molar-refractivity contribution in [1.29, 1.82) is 5.26 Å². The highest BCUT2D eigenvalue weighted by Gasteiger charge is 2.22. The average Bonchev–Trinajstić information content (AvgIpc) is 3.08. The first-order valence-corrected chi connectivity index (χ1v) is 8.92. The molecular weight excluding hydrogens is 365 g/mol. The Hall–Kier alpha value is -2.82. The van der Waals surface area contributed by atoms with Gasteiger partial charge in [0.05, 0.1) is 17.3 Å². The molecule has 25 heavy (non-hydrogen) atoms. The highest BCUT2D eigenvalue weighted by molar-refractivity contribution is 7.92. The molecule has 0 unspecified atom stereocenters. The molecule has 0 fully saturated rings. The van der Waals surface area contributed by atoms with Crippen molar-refractivity contribution in [3.63, 3.8) is 0 Å². The van der Waals surface area contributed by atoms with E-state index < -0.39 is 15.8 Å². The number of anilines is 1. The van der Waals surface area contributed by atoms with E-state index in [0.717, 1.165) is 6.07 Å². The van der Waals surface area contributed by atoms with Crippen LogP contribution in [0.5, 0.6) is 0 Å². The van der Waals surface area contributed by atoms with E-state index in [-0.39, 0.29) is 16.1 Å². The first kappa shape index (κ1) is 17.0. The SMILES string of the molecule is N#Cc1ccc(NS(=O)(=O)c2c[nH]cc2-c2ccc(Cl)cc2)c(F)c1. The van der Waals surface area contributed by atoms with E-state index in [4.69, 9.17) is 16.9 Å². The first-order valence-electron chi connectivity index (χ1n) is 7.06. The van der Waals surface area contributed by atoms with Gasteiger partial charge in [-0.3, -0.25) is 4.72 Å². The largest absolute Gasteiger partial charge is 0.366 e. The minimum Gasteiger partial charge on any atom is -0.366 e. The van der Waals surface area contributed by atoms with Crippen molar-refractivity contribution in [2.24, 2.45) is 0 Å². The highest BCUT2D eigenvalue weighted by atomic mass is 35.5. The van der Waals surface area contributed by atoms with E-state index in [1.54, 1.807) is 30.3 Å². The Balaban J connectivity index is 1.98. The zero-order valence-electron chi connectivity index (χ0n) is 12.6. The molecule has 0 radical (unpaired) electrons. The van der Waals surface area contributed by atoms with Gasteiger partial charge in [-0.15, -0.1) is 0 Å². The van der Waals surface area contributed by atoms with Crippen molar-refractivity contribution < 1.29 is 12.8 Å². The molecule has 5 nitrogen and oxygen atoms in total. The molecule has 0 amide bonds. The molecule has 0 aliphatic heterocycles. The van der Waals surface area contributed by atoms with Crippen molar-refractivity contribution in [2.45, 2.75) is 4.90 Å². The van der Waals surface area contributed by atoms with Crippen LogP contribution in [0.3, 0.4) is 0 Å². The normalized spacial score (nSPS) is 11.1. The van der Waals surface area contributed by atoms with Crippen LogP contribution in [0.2, 0.25) is 5.02 Å². The zero-order valence-corrected chi connectivity index (χ0v) is 14.2. The van der Waals surface area contributed by atoms with E-state index in [1.165, 1.54) is 24.5 Å². The molecule has 0 aliphatic carbocycles.